The number of nitrogens with zero attached hydrogens (tertiary/aromatic N) is 2. The molecule has 0 fully saturated rings. The van der Waals surface area contributed by atoms with Gasteiger partial charge in [-0.25, -0.2) is 5.43 Å². The van der Waals surface area contributed by atoms with E-state index in [4.69, 9.17) is 11.6 Å². The first kappa shape index (κ1) is 19.1. The van der Waals surface area contributed by atoms with Crippen molar-refractivity contribution in [2.75, 3.05) is 5.32 Å². The van der Waals surface area contributed by atoms with Gasteiger partial charge < -0.3 is 5.32 Å². The zero-order valence-electron chi connectivity index (χ0n) is 13.5. The largest absolute Gasteiger partial charge is 0.326 e. The molecule has 0 bridgehead atoms. The summed E-state index contributed by atoms with van der Waals surface area (Å²) in [4.78, 5) is 33.6. The molecule has 0 saturated heterocycles. The molecule has 0 aliphatic heterocycles. The minimum Gasteiger partial charge on any atom is -0.326 e. The van der Waals surface area contributed by atoms with Crippen molar-refractivity contribution in [2.24, 2.45) is 5.10 Å². The summed E-state index contributed by atoms with van der Waals surface area (Å²) in [6.45, 7) is 0. The number of nitro benzene ring substituents is 1. The fourth-order valence-electron chi connectivity index (χ4n) is 1.94. The standard InChI is InChI=1S/C17H15ClN4O4/c18-13-4-6-14(7-5-13)20-16(23)8-9-17(24)21-19-11-12-2-1-3-15(10-12)22(25)26/h1-7,10-11H,8-9H2,(H,20,23)(H,21,24). The average Bonchev–Trinajstić information content (AvgIpc) is 2.62. The van der Waals surface area contributed by atoms with Crippen molar-refractivity contribution in [1.82, 2.24) is 5.43 Å². The molecule has 0 radical (unpaired) electrons. The van der Waals surface area contributed by atoms with Gasteiger partial charge in [-0.1, -0.05) is 23.7 Å². The molecule has 2 N–H and O–H groups in total. The van der Waals surface area contributed by atoms with Crippen molar-refractivity contribution in [1.29, 1.82) is 0 Å². The van der Waals surface area contributed by atoms with Crippen molar-refractivity contribution >= 4 is 41.0 Å². The van der Waals surface area contributed by atoms with Crippen molar-refractivity contribution in [3.63, 3.8) is 0 Å². The lowest BCUT2D eigenvalue weighted by atomic mass is 10.2. The number of rotatable bonds is 7. The number of carbonyl (C=O) groups is 2. The number of nitrogens with one attached hydrogen (secondary N) is 2. The second kappa shape index (κ2) is 9.28. The maximum absolute atomic E-state index is 11.8. The van der Waals surface area contributed by atoms with Gasteiger partial charge in [-0.3, -0.25) is 19.7 Å². The number of carbonyl (C=O) groups excluding carboxylic acids is 2. The van der Waals surface area contributed by atoms with Crippen LogP contribution in [0.25, 0.3) is 0 Å². The fourth-order valence-corrected chi connectivity index (χ4v) is 2.06. The molecule has 0 spiro atoms. The summed E-state index contributed by atoms with van der Waals surface area (Å²) >= 11 is 5.76. The van der Waals surface area contributed by atoms with Crippen LogP contribution >= 0.6 is 11.6 Å². The zero-order chi connectivity index (χ0) is 18.9. The Morgan fingerprint density at radius 1 is 1.12 bits per heavy atom. The molecule has 134 valence electrons. The maximum atomic E-state index is 11.8. The highest BCUT2D eigenvalue weighted by Gasteiger charge is 2.07. The predicted molar refractivity (Wildman–Crippen MR) is 98.1 cm³/mol. The average molecular weight is 375 g/mol. The van der Waals surface area contributed by atoms with Crippen LogP contribution in [0, 0.1) is 10.1 Å². The second-order valence-corrected chi connectivity index (χ2v) is 5.64. The summed E-state index contributed by atoms with van der Waals surface area (Å²) in [7, 11) is 0. The van der Waals surface area contributed by atoms with E-state index >= 15 is 0 Å². The van der Waals surface area contributed by atoms with E-state index in [2.05, 4.69) is 15.8 Å². The van der Waals surface area contributed by atoms with E-state index in [0.29, 0.717) is 16.3 Å². The molecule has 0 aromatic heterocycles. The summed E-state index contributed by atoms with van der Waals surface area (Å²) in [6.07, 6.45) is 1.23. The smallest absolute Gasteiger partial charge is 0.270 e. The Labute approximate surface area is 154 Å². The number of nitro groups is 1. The SMILES string of the molecule is O=C(CCC(=O)Nc1ccc(Cl)cc1)NN=Cc1cccc([N+](=O)[O-])c1. The molecule has 0 heterocycles. The first-order valence-corrected chi connectivity index (χ1v) is 7.93. The summed E-state index contributed by atoms with van der Waals surface area (Å²) in [5.41, 5.74) is 3.26. The van der Waals surface area contributed by atoms with Gasteiger partial charge in [0.1, 0.15) is 0 Å². The lowest BCUT2D eigenvalue weighted by molar-refractivity contribution is -0.384. The monoisotopic (exact) mass is 374 g/mol. The number of amides is 2. The van der Waals surface area contributed by atoms with E-state index in [1.54, 1.807) is 30.3 Å². The molecule has 26 heavy (non-hydrogen) atoms. The van der Waals surface area contributed by atoms with E-state index in [0.717, 1.165) is 0 Å². The fraction of sp³-hybridized carbons (Fsp3) is 0.118. The van der Waals surface area contributed by atoms with E-state index in [9.17, 15) is 19.7 Å². The first-order valence-electron chi connectivity index (χ1n) is 7.56. The molecular formula is C17H15ClN4O4. The van der Waals surface area contributed by atoms with Crippen LogP contribution in [-0.2, 0) is 9.59 Å². The minimum absolute atomic E-state index is 0.0131. The molecule has 0 aliphatic carbocycles. The maximum Gasteiger partial charge on any atom is 0.270 e. The minimum atomic E-state index is -0.519. The van der Waals surface area contributed by atoms with Crippen LogP contribution < -0.4 is 10.7 Å². The second-order valence-electron chi connectivity index (χ2n) is 5.20. The summed E-state index contributed by atoms with van der Waals surface area (Å²) < 4.78 is 0. The molecule has 2 amide bonds. The highest BCUT2D eigenvalue weighted by molar-refractivity contribution is 6.30. The molecule has 2 rings (SSSR count). The van der Waals surface area contributed by atoms with Crippen LogP contribution in [-0.4, -0.2) is 23.0 Å². The third-order valence-electron chi connectivity index (χ3n) is 3.19. The summed E-state index contributed by atoms with van der Waals surface area (Å²) in [5, 5.41) is 17.6. The van der Waals surface area contributed by atoms with Gasteiger partial charge in [-0.05, 0) is 24.3 Å². The van der Waals surface area contributed by atoms with Crippen molar-refractivity contribution in [2.45, 2.75) is 12.8 Å². The Kier molecular flexibility index (Phi) is 6.81. The Morgan fingerprint density at radius 3 is 2.50 bits per heavy atom. The van der Waals surface area contributed by atoms with E-state index < -0.39 is 10.8 Å². The summed E-state index contributed by atoms with van der Waals surface area (Å²) in [6, 6.07) is 12.4. The van der Waals surface area contributed by atoms with Gasteiger partial charge in [0.05, 0.1) is 11.1 Å². The number of benzene rings is 2. The van der Waals surface area contributed by atoms with Crippen LogP contribution in [0.1, 0.15) is 18.4 Å². The quantitative estimate of drug-likeness (QED) is 0.440. The van der Waals surface area contributed by atoms with Crippen LogP contribution in [0.3, 0.4) is 0 Å². The lowest BCUT2D eigenvalue weighted by Crippen LogP contribution is -2.20. The van der Waals surface area contributed by atoms with E-state index in [-0.39, 0.29) is 24.4 Å². The molecule has 8 nitrogen and oxygen atoms in total. The normalized spacial score (nSPS) is 10.5. The zero-order valence-corrected chi connectivity index (χ0v) is 14.3. The molecule has 0 unspecified atom stereocenters. The van der Waals surface area contributed by atoms with Gasteiger partial charge in [0.15, 0.2) is 0 Å². The van der Waals surface area contributed by atoms with Gasteiger partial charge >= 0.3 is 0 Å². The molecular weight excluding hydrogens is 360 g/mol. The van der Waals surface area contributed by atoms with Crippen molar-refractivity contribution in [3.05, 3.63) is 69.2 Å². The highest BCUT2D eigenvalue weighted by atomic mass is 35.5. The number of hydrazone groups is 1. The molecule has 0 aliphatic rings. The molecule has 2 aromatic carbocycles. The Balaban J connectivity index is 1.76. The number of anilines is 1. The van der Waals surface area contributed by atoms with Gasteiger partial charge in [-0.15, -0.1) is 0 Å². The number of hydrogen-bond acceptors (Lipinski definition) is 5. The van der Waals surface area contributed by atoms with Gasteiger partial charge in [0, 0.05) is 41.2 Å². The number of halogens is 1. The van der Waals surface area contributed by atoms with Gasteiger partial charge in [-0.2, -0.15) is 5.10 Å². The third kappa shape index (κ3) is 6.33. The Morgan fingerprint density at radius 2 is 1.81 bits per heavy atom. The van der Waals surface area contributed by atoms with E-state index in [1.807, 2.05) is 0 Å². The lowest BCUT2D eigenvalue weighted by Gasteiger charge is -2.04. The predicted octanol–water partition coefficient (Wildman–Crippen LogP) is 3.12. The molecule has 0 saturated carbocycles. The van der Waals surface area contributed by atoms with Crippen molar-refractivity contribution < 1.29 is 14.5 Å². The van der Waals surface area contributed by atoms with Crippen LogP contribution in [0.2, 0.25) is 5.02 Å². The van der Waals surface area contributed by atoms with Crippen molar-refractivity contribution in [3.8, 4) is 0 Å². The first-order chi connectivity index (χ1) is 12.4. The summed E-state index contributed by atoms with van der Waals surface area (Å²) in [5.74, 6) is -0.761. The van der Waals surface area contributed by atoms with Crippen LogP contribution in [0.15, 0.2) is 53.6 Å². The number of hydrogen-bond donors (Lipinski definition) is 2. The molecule has 9 heteroatoms. The Bertz CT molecular complexity index is 837. The third-order valence-corrected chi connectivity index (χ3v) is 3.44. The van der Waals surface area contributed by atoms with E-state index in [1.165, 1.54) is 24.4 Å². The molecule has 2 aromatic rings. The van der Waals surface area contributed by atoms with Gasteiger partial charge in [0.2, 0.25) is 11.8 Å². The van der Waals surface area contributed by atoms with Crippen LogP contribution in [0.4, 0.5) is 11.4 Å². The molecule has 0 atom stereocenters. The number of non-ortho nitro benzene ring substituents is 1. The topological polar surface area (TPSA) is 114 Å². The van der Waals surface area contributed by atoms with Crippen LogP contribution in [0.5, 0.6) is 0 Å². The van der Waals surface area contributed by atoms with Gasteiger partial charge in [0.25, 0.3) is 5.69 Å². The highest BCUT2D eigenvalue weighted by Crippen LogP contribution is 2.14. The Hall–Kier alpha value is -3.26.